The third-order valence-corrected chi connectivity index (χ3v) is 1.95. The van der Waals surface area contributed by atoms with Crippen LogP contribution in [0.4, 0.5) is 0 Å². The highest BCUT2D eigenvalue weighted by Gasteiger charge is 2.08. The number of hydrogen-bond donors (Lipinski definition) is 1. The lowest BCUT2D eigenvalue weighted by Gasteiger charge is -2.11. The van der Waals surface area contributed by atoms with Crippen molar-refractivity contribution in [3.63, 3.8) is 0 Å². The van der Waals surface area contributed by atoms with Crippen LogP contribution in [0.15, 0.2) is 36.4 Å². The monoisotopic (exact) mass is 192 g/mol. The van der Waals surface area contributed by atoms with E-state index in [4.69, 9.17) is 4.74 Å². The summed E-state index contributed by atoms with van der Waals surface area (Å²) in [5, 5.41) is 9.74. The summed E-state index contributed by atoms with van der Waals surface area (Å²) in [5.41, 5.74) is 1.56. The number of ether oxygens (including phenoxy) is 1. The smallest absolute Gasteiger partial charge is 0.119 e. The molecule has 0 saturated carbocycles. The number of aliphatic hydroxyl groups excluding tert-OH is 1. The molecule has 76 valence electrons. The predicted molar refractivity (Wildman–Crippen MR) is 57.4 cm³/mol. The fraction of sp³-hybridized carbons (Fsp3) is 0.333. The lowest BCUT2D eigenvalue weighted by atomic mass is 10.0. The van der Waals surface area contributed by atoms with Crippen molar-refractivity contribution in [2.45, 2.75) is 20.0 Å². The maximum absolute atomic E-state index is 9.74. The Bertz CT molecular complexity index is 318. The van der Waals surface area contributed by atoms with E-state index >= 15 is 0 Å². The Labute approximate surface area is 84.8 Å². The molecule has 1 atom stereocenters. The Hall–Kier alpha value is -1.28. The maximum atomic E-state index is 9.74. The number of rotatable bonds is 4. The van der Waals surface area contributed by atoms with E-state index in [2.05, 4.69) is 6.58 Å². The molecule has 2 nitrogen and oxygen atoms in total. The van der Waals surface area contributed by atoms with Gasteiger partial charge in [0.05, 0.1) is 12.7 Å². The van der Waals surface area contributed by atoms with Crippen molar-refractivity contribution >= 4 is 0 Å². The minimum atomic E-state index is -0.601. The van der Waals surface area contributed by atoms with E-state index in [-0.39, 0.29) is 0 Å². The zero-order chi connectivity index (χ0) is 10.6. The Morgan fingerprint density at radius 3 is 2.86 bits per heavy atom. The molecule has 1 aromatic rings. The standard InChI is InChI=1S/C12H16O2/c1-4-14-11-7-5-6-10(8-11)12(13)9(2)3/h5-8,12-13H,2,4H2,1,3H3. The van der Waals surface area contributed by atoms with Gasteiger partial charge in [0.15, 0.2) is 0 Å². The molecular weight excluding hydrogens is 176 g/mol. The van der Waals surface area contributed by atoms with Crippen LogP contribution >= 0.6 is 0 Å². The van der Waals surface area contributed by atoms with Crippen LogP contribution in [-0.2, 0) is 0 Å². The third kappa shape index (κ3) is 2.60. The maximum Gasteiger partial charge on any atom is 0.119 e. The minimum Gasteiger partial charge on any atom is -0.494 e. The summed E-state index contributed by atoms with van der Waals surface area (Å²) in [5.74, 6) is 0.783. The van der Waals surface area contributed by atoms with Crippen LogP contribution < -0.4 is 4.74 Å². The summed E-state index contributed by atoms with van der Waals surface area (Å²) in [6, 6.07) is 7.44. The van der Waals surface area contributed by atoms with Gasteiger partial charge in [-0.15, -0.1) is 0 Å². The first kappa shape index (κ1) is 10.8. The van der Waals surface area contributed by atoms with Crippen molar-refractivity contribution in [3.8, 4) is 5.75 Å². The summed E-state index contributed by atoms with van der Waals surface area (Å²) >= 11 is 0. The van der Waals surface area contributed by atoms with Crippen LogP contribution in [0.3, 0.4) is 0 Å². The molecule has 0 spiro atoms. The van der Waals surface area contributed by atoms with E-state index in [0.717, 1.165) is 16.9 Å². The van der Waals surface area contributed by atoms with E-state index in [9.17, 15) is 5.11 Å². The SMILES string of the molecule is C=C(C)C(O)c1cccc(OCC)c1. The van der Waals surface area contributed by atoms with Gasteiger partial charge in [-0.2, -0.15) is 0 Å². The van der Waals surface area contributed by atoms with Crippen LogP contribution in [0.1, 0.15) is 25.5 Å². The van der Waals surface area contributed by atoms with Crippen LogP contribution in [-0.4, -0.2) is 11.7 Å². The van der Waals surface area contributed by atoms with E-state index in [1.807, 2.05) is 31.2 Å². The van der Waals surface area contributed by atoms with Gasteiger partial charge in [0.1, 0.15) is 5.75 Å². The molecule has 0 bridgehead atoms. The first-order valence-corrected chi connectivity index (χ1v) is 4.71. The van der Waals surface area contributed by atoms with Crippen LogP contribution in [0.2, 0.25) is 0 Å². The van der Waals surface area contributed by atoms with Gasteiger partial charge in [0, 0.05) is 0 Å². The Morgan fingerprint density at radius 1 is 1.57 bits per heavy atom. The van der Waals surface area contributed by atoms with Crippen molar-refractivity contribution in [2.75, 3.05) is 6.61 Å². The number of hydrogen-bond acceptors (Lipinski definition) is 2. The second-order valence-electron chi connectivity index (χ2n) is 3.25. The normalized spacial score (nSPS) is 12.2. The third-order valence-electron chi connectivity index (χ3n) is 1.95. The summed E-state index contributed by atoms with van der Waals surface area (Å²) in [6.07, 6.45) is -0.601. The second-order valence-corrected chi connectivity index (χ2v) is 3.25. The first-order valence-electron chi connectivity index (χ1n) is 4.71. The Balaban J connectivity index is 2.87. The van der Waals surface area contributed by atoms with Crippen molar-refractivity contribution in [2.24, 2.45) is 0 Å². The van der Waals surface area contributed by atoms with E-state index in [1.54, 1.807) is 6.92 Å². The van der Waals surface area contributed by atoms with Gasteiger partial charge >= 0.3 is 0 Å². The molecular formula is C12H16O2. The molecule has 0 saturated heterocycles. The molecule has 0 aromatic heterocycles. The van der Waals surface area contributed by atoms with Crippen LogP contribution in [0.25, 0.3) is 0 Å². The fourth-order valence-electron chi connectivity index (χ4n) is 1.23. The Kier molecular flexibility index (Phi) is 3.72. The van der Waals surface area contributed by atoms with Gasteiger partial charge in [0.2, 0.25) is 0 Å². The van der Waals surface area contributed by atoms with Gasteiger partial charge in [-0.3, -0.25) is 0 Å². The molecule has 0 aliphatic carbocycles. The largest absolute Gasteiger partial charge is 0.494 e. The quantitative estimate of drug-likeness (QED) is 0.743. The molecule has 0 radical (unpaired) electrons. The topological polar surface area (TPSA) is 29.5 Å². The fourth-order valence-corrected chi connectivity index (χ4v) is 1.23. The van der Waals surface area contributed by atoms with Gasteiger partial charge in [-0.25, -0.2) is 0 Å². The zero-order valence-corrected chi connectivity index (χ0v) is 8.66. The van der Waals surface area contributed by atoms with Crippen LogP contribution in [0, 0.1) is 0 Å². The summed E-state index contributed by atoms with van der Waals surface area (Å²) < 4.78 is 5.34. The van der Waals surface area contributed by atoms with Gasteiger partial charge in [0.25, 0.3) is 0 Å². The summed E-state index contributed by atoms with van der Waals surface area (Å²) in [6.45, 7) is 8.08. The van der Waals surface area contributed by atoms with Gasteiger partial charge < -0.3 is 9.84 Å². The van der Waals surface area contributed by atoms with E-state index in [0.29, 0.717) is 6.61 Å². The van der Waals surface area contributed by atoms with Crippen molar-refractivity contribution in [1.29, 1.82) is 0 Å². The zero-order valence-electron chi connectivity index (χ0n) is 8.66. The molecule has 0 heterocycles. The molecule has 1 N–H and O–H groups in total. The molecule has 0 aliphatic rings. The molecule has 0 fully saturated rings. The second kappa shape index (κ2) is 4.82. The van der Waals surface area contributed by atoms with Crippen molar-refractivity contribution in [1.82, 2.24) is 0 Å². The molecule has 1 rings (SSSR count). The molecule has 2 heteroatoms. The highest BCUT2D eigenvalue weighted by molar-refractivity contribution is 5.32. The highest BCUT2D eigenvalue weighted by atomic mass is 16.5. The predicted octanol–water partition coefficient (Wildman–Crippen LogP) is 2.69. The lowest BCUT2D eigenvalue weighted by Crippen LogP contribution is -1.99. The molecule has 0 aliphatic heterocycles. The number of aliphatic hydroxyl groups is 1. The average molecular weight is 192 g/mol. The van der Waals surface area contributed by atoms with Crippen LogP contribution in [0.5, 0.6) is 5.75 Å². The first-order chi connectivity index (χ1) is 6.65. The summed E-state index contributed by atoms with van der Waals surface area (Å²) in [7, 11) is 0. The molecule has 1 unspecified atom stereocenters. The van der Waals surface area contributed by atoms with Crippen molar-refractivity contribution < 1.29 is 9.84 Å². The van der Waals surface area contributed by atoms with E-state index in [1.165, 1.54) is 0 Å². The Morgan fingerprint density at radius 2 is 2.29 bits per heavy atom. The van der Waals surface area contributed by atoms with Gasteiger partial charge in [-0.05, 0) is 37.1 Å². The van der Waals surface area contributed by atoms with Crippen molar-refractivity contribution in [3.05, 3.63) is 42.0 Å². The molecule has 1 aromatic carbocycles. The van der Waals surface area contributed by atoms with E-state index < -0.39 is 6.10 Å². The molecule has 14 heavy (non-hydrogen) atoms. The molecule has 0 amide bonds. The highest BCUT2D eigenvalue weighted by Crippen LogP contribution is 2.23. The minimum absolute atomic E-state index is 0.601. The number of benzene rings is 1. The summed E-state index contributed by atoms with van der Waals surface area (Å²) in [4.78, 5) is 0. The lowest BCUT2D eigenvalue weighted by molar-refractivity contribution is 0.215. The average Bonchev–Trinajstić information content (AvgIpc) is 2.17. The van der Waals surface area contributed by atoms with Gasteiger partial charge in [-0.1, -0.05) is 18.7 Å².